The molecule has 0 radical (unpaired) electrons. The van der Waals surface area contributed by atoms with Gasteiger partial charge in [-0.3, -0.25) is 9.59 Å². The van der Waals surface area contributed by atoms with E-state index in [1.807, 2.05) is 24.3 Å². The highest BCUT2D eigenvalue weighted by Crippen LogP contribution is 2.59. The third-order valence-electron chi connectivity index (χ3n) is 5.69. The van der Waals surface area contributed by atoms with E-state index in [9.17, 15) is 9.59 Å². The number of anilines is 1. The molecule has 0 bridgehead atoms. The summed E-state index contributed by atoms with van der Waals surface area (Å²) in [5.74, 6) is -0.455. The minimum absolute atomic E-state index is 0.0773. The van der Waals surface area contributed by atoms with Gasteiger partial charge < -0.3 is 19.5 Å². The molecule has 1 heterocycles. The summed E-state index contributed by atoms with van der Waals surface area (Å²) in [6.07, 6.45) is 2.45. The van der Waals surface area contributed by atoms with Crippen LogP contribution >= 0.6 is 0 Å². The predicted molar refractivity (Wildman–Crippen MR) is 92.5 cm³/mol. The van der Waals surface area contributed by atoms with Crippen molar-refractivity contribution in [1.82, 2.24) is 0 Å². The number of ether oxygens (including phenoxy) is 3. The summed E-state index contributed by atoms with van der Waals surface area (Å²) in [7, 11) is 4.21. The van der Waals surface area contributed by atoms with Crippen LogP contribution in [0.5, 0.6) is 5.75 Å². The number of hydrogen-bond donors (Lipinski definition) is 1. The Hall–Kier alpha value is -2.50. The molecule has 1 aliphatic heterocycles. The molecule has 1 aliphatic carbocycles. The van der Waals surface area contributed by atoms with Crippen molar-refractivity contribution in [1.29, 1.82) is 0 Å². The molecule has 1 spiro atoms. The first-order valence-corrected chi connectivity index (χ1v) is 8.19. The molecule has 0 aromatic heterocycles. The Morgan fingerprint density at radius 2 is 1.92 bits per heavy atom. The van der Waals surface area contributed by atoms with Crippen LogP contribution in [0.3, 0.4) is 0 Å². The molecule has 25 heavy (non-hydrogen) atoms. The number of hydrogen-bond acceptors (Lipinski definition) is 6. The molecule has 134 valence electrons. The Labute approximate surface area is 147 Å². The highest BCUT2D eigenvalue weighted by molar-refractivity contribution is 6.01. The van der Waals surface area contributed by atoms with Crippen molar-refractivity contribution < 1.29 is 23.8 Å². The lowest BCUT2D eigenvalue weighted by Crippen LogP contribution is -2.41. The van der Waals surface area contributed by atoms with Gasteiger partial charge in [-0.05, 0) is 42.5 Å². The van der Waals surface area contributed by atoms with Crippen LogP contribution in [0.4, 0.5) is 5.69 Å². The molecule has 6 heteroatoms. The minimum atomic E-state index is -1.32. The number of fused-ring (bicyclic) bond motifs is 2. The predicted octanol–water partition coefficient (Wildman–Crippen LogP) is 2.29. The van der Waals surface area contributed by atoms with Crippen molar-refractivity contribution in [2.24, 2.45) is 11.3 Å². The van der Waals surface area contributed by atoms with Crippen molar-refractivity contribution in [3.63, 3.8) is 0 Å². The summed E-state index contributed by atoms with van der Waals surface area (Å²) in [4.78, 5) is 25.1. The van der Waals surface area contributed by atoms with E-state index in [1.165, 1.54) is 14.2 Å². The first-order valence-electron chi connectivity index (χ1n) is 8.19. The Morgan fingerprint density at radius 1 is 1.24 bits per heavy atom. The number of carbonyl (C=O) groups is 2. The maximum atomic E-state index is 12.6. The van der Waals surface area contributed by atoms with Crippen molar-refractivity contribution >= 4 is 17.6 Å². The minimum Gasteiger partial charge on any atom is -0.497 e. The molecule has 1 aromatic carbocycles. The van der Waals surface area contributed by atoms with Gasteiger partial charge in [-0.1, -0.05) is 6.08 Å². The van der Waals surface area contributed by atoms with E-state index in [0.29, 0.717) is 19.4 Å². The smallest absolute Gasteiger partial charge is 0.323 e. The SMILES string of the molecule is C=C[C@H]1CC(C(=O)OC)(C(=O)OC)C[C@]12CNc1ccc(OC)cc12. The van der Waals surface area contributed by atoms with Gasteiger partial charge in [0.05, 0.1) is 21.3 Å². The van der Waals surface area contributed by atoms with Crippen LogP contribution in [0.2, 0.25) is 0 Å². The highest BCUT2D eigenvalue weighted by atomic mass is 16.5. The molecular formula is C19H23NO5. The maximum absolute atomic E-state index is 12.6. The van der Waals surface area contributed by atoms with Crippen LogP contribution in [0.15, 0.2) is 30.9 Å². The summed E-state index contributed by atoms with van der Waals surface area (Å²) in [5.41, 5.74) is 0.257. The Bertz CT molecular complexity index is 713. The Balaban J connectivity index is 2.14. The number of carbonyl (C=O) groups excluding carboxylic acids is 2. The van der Waals surface area contributed by atoms with Gasteiger partial charge in [0.25, 0.3) is 0 Å². The van der Waals surface area contributed by atoms with Gasteiger partial charge in [0.1, 0.15) is 5.75 Å². The molecule has 0 unspecified atom stereocenters. The van der Waals surface area contributed by atoms with Gasteiger partial charge in [0, 0.05) is 17.6 Å². The van der Waals surface area contributed by atoms with Crippen LogP contribution in [0.25, 0.3) is 0 Å². The fourth-order valence-corrected chi connectivity index (χ4v) is 4.46. The van der Waals surface area contributed by atoms with E-state index in [1.54, 1.807) is 7.11 Å². The molecule has 6 nitrogen and oxygen atoms in total. The van der Waals surface area contributed by atoms with Gasteiger partial charge >= 0.3 is 11.9 Å². The maximum Gasteiger partial charge on any atom is 0.323 e. The van der Waals surface area contributed by atoms with Gasteiger partial charge in [-0.2, -0.15) is 0 Å². The van der Waals surface area contributed by atoms with E-state index < -0.39 is 22.8 Å². The second-order valence-corrected chi connectivity index (χ2v) is 6.71. The van der Waals surface area contributed by atoms with Gasteiger partial charge in [-0.15, -0.1) is 6.58 Å². The molecule has 1 N–H and O–H groups in total. The van der Waals surface area contributed by atoms with Crippen molar-refractivity contribution in [2.45, 2.75) is 18.3 Å². The quantitative estimate of drug-likeness (QED) is 0.513. The zero-order valence-corrected chi connectivity index (χ0v) is 14.8. The normalized spacial score (nSPS) is 25.8. The molecule has 2 atom stereocenters. The molecule has 2 aliphatic rings. The zero-order chi connectivity index (χ0) is 18.2. The molecule has 1 fully saturated rings. The largest absolute Gasteiger partial charge is 0.497 e. The van der Waals surface area contributed by atoms with Crippen molar-refractivity contribution in [3.8, 4) is 5.75 Å². The van der Waals surface area contributed by atoms with Crippen LogP contribution in [-0.2, 0) is 24.5 Å². The lowest BCUT2D eigenvalue weighted by atomic mass is 9.72. The van der Waals surface area contributed by atoms with E-state index in [4.69, 9.17) is 14.2 Å². The first-order chi connectivity index (χ1) is 12.0. The number of methoxy groups -OCH3 is 3. The number of benzene rings is 1. The zero-order valence-electron chi connectivity index (χ0n) is 14.8. The summed E-state index contributed by atoms with van der Waals surface area (Å²) < 4.78 is 15.3. The highest BCUT2D eigenvalue weighted by Gasteiger charge is 2.64. The van der Waals surface area contributed by atoms with Gasteiger partial charge in [-0.25, -0.2) is 0 Å². The van der Waals surface area contributed by atoms with E-state index in [-0.39, 0.29) is 5.92 Å². The van der Waals surface area contributed by atoms with Gasteiger partial charge in [0.2, 0.25) is 0 Å². The molecule has 0 amide bonds. The summed E-state index contributed by atoms with van der Waals surface area (Å²) in [6.45, 7) is 4.56. The number of rotatable bonds is 4. The first kappa shape index (κ1) is 17.3. The van der Waals surface area contributed by atoms with Crippen LogP contribution in [0.1, 0.15) is 18.4 Å². The molecule has 1 saturated carbocycles. The standard InChI is InChI=1S/C19H23NO5/c1-5-12-9-18(16(21)24-3,17(22)25-4)10-19(12)11-20-15-7-6-13(23-2)8-14(15)19/h5-8,12,20H,1,9-11H2,2-4H3/t12-,19-/m0/s1. The molecule has 1 aromatic rings. The van der Waals surface area contributed by atoms with Crippen molar-refractivity contribution in [2.75, 3.05) is 33.2 Å². The average molecular weight is 345 g/mol. The number of nitrogens with one attached hydrogen (secondary N) is 1. The average Bonchev–Trinajstić information content (AvgIpc) is 3.19. The van der Waals surface area contributed by atoms with Crippen molar-refractivity contribution in [3.05, 3.63) is 36.4 Å². The summed E-state index contributed by atoms with van der Waals surface area (Å²) >= 11 is 0. The van der Waals surface area contributed by atoms with E-state index >= 15 is 0 Å². The van der Waals surface area contributed by atoms with Crippen LogP contribution in [-0.4, -0.2) is 39.8 Å². The Morgan fingerprint density at radius 3 is 2.48 bits per heavy atom. The fraction of sp³-hybridized carbons (Fsp3) is 0.474. The second kappa shape index (κ2) is 6.10. The van der Waals surface area contributed by atoms with E-state index in [0.717, 1.165) is 17.0 Å². The summed E-state index contributed by atoms with van der Waals surface area (Å²) in [6, 6.07) is 5.81. The van der Waals surface area contributed by atoms with Crippen LogP contribution in [0, 0.1) is 11.3 Å². The topological polar surface area (TPSA) is 73.9 Å². The van der Waals surface area contributed by atoms with Crippen LogP contribution < -0.4 is 10.1 Å². The monoisotopic (exact) mass is 345 g/mol. The lowest BCUT2D eigenvalue weighted by Gasteiger charge is -2.30. The number of esters is 2. The Kier molecular flexibility index (Phi) is 4.22. The summed E-state index contributed by atoms with van der Waals surface area (Å²) in [5, 5.41) is 3.39. The van der Waals surface area contributed by atoms with Gasteiger partial charge in [0.15, 0.2) is 5.41 Å². The molecule has 3 rings (SSSR count). The second-order valence-electron chi connectivity index (χ2n) is 6.71. The third kappa shape index (κ3) is 2.31. The third-order valence-corrected chi connectivity index (χ3v) is 5.69. The fourth-order valence-electron chi connectivity index (χ4n) is 4.46. The number of allylic oxidation sites excluding steroid dienone is 1. The lowest BCUT2D eigenvalue weighted by molar-refractivity contribution is -0.169. The molecular weight excluding hydrogens is 322 g/mol. The molecule has 0 saturated heterocycles. The van der Waals surface area contributed by atoms with E-state index in [2.05, 4.69) is 11.9 Å².